The maximum absolute atomic E-state index is 12.1. The molecular formula is C20H23N3O2. The van der Waals surface area contributed by atoms with Crippen LogP contribution in [0.4, 0.5) is 4.79 Å². The number of fused-ring (bicyclic) bond motifs is 1. The third-order valence-electron chi connectivity index (χ3n) is 4.59. The summed E-state index contributed by atoms with van der Waals surface area (Å²) in [4.78, 5) is 23.3. The minimum Gasteiger partial charge on any atom is -0.366 e. The average molecular weight is 337 g/mol. The molecule has 0 spiro atoms. The van der Waals surface area contributed by atoms with Gasteiger partial charge in [0.1, 0.15) is 0 Å². The number of nitrogens with two attached hydrogens (primary N) is 1. The van der Waals surface area contributed by atoms with Crippen molar-refractivity contribution in [3.05, 3.63) is 70.8 Å². The van der Waals surface area contributed by atoms with Gasteiger partial charge in [-0.2, -0.15) is 0 Å². The maximum atomic E-state index is 12.1. The zero-order valence-corrected chi connectivity index (χ0v) is 14.1. The first-order chi connectivity index (χ1) is 12.1. The molecule has 2 aromatic carbocycles. The molecule has 0 fully saturated rings. The van der Waals surface area contributed by atoms with Gasteiger partial charge < -0.3 is 16.4 Å². The zero-order chi connectivity index (χ0) is 17.6. The Morgan fingerprint density at radius 3 is 2.68 bits per heavy atom. The summed E-state index contributed by atoms with van der Waals surface area (Å²) < 4.78 is 0. The Labute approximate surface area is 147 Å². The number of urea groups is 1. The van der Waals surface area contributed by atoms with Crippen LogP contribution in [0.25, 0.3) is 0 Å². The summed E-state index contributed by atoms with van der Waals surface area (Å²) >= 11 is 0. The van der Waals surface area contributed by atoms with Crippen molar-refractivity contribution in [1.29, 1.82) is 0 Å². The number of primary amides is 1. The third kappa shape index (κ3) is 4.59. The summed E-state index contributed by atoms with van der Waals surface area (Å²) in [7, 11) is 0. The van der Waals surface area contributed by atoms with Crippen LogP contribution in [0.3, 0.4) is 0 Å². The normalized spacial score (nSPS) is 15.9. The van der Waals surface area contributed by atoms with Crippen LogP contribution in [-0.2, 0) is 19.3 Å². The molecule has 0 heterocycles. The molecule has 0 aliphatic heterocycles. The van der Waals surface area contributed by atoms with Crippen LogP contribution in [0.5, 0.6) is 0 Å². The number of rotatable bonds is 5. The smallest absolute Gasteiger partial charge is 0.315 e. The summed E-state index contributed by atoms with van der Waals surface area (Å²) in [6.07, 6.45) is 3.50. The maximum Gasteiger partial charge on any atom is 0.315 e. The van der Waals surface area contributed by atoms with Crippen LogP contribution in [0.2, 0.25) is 0 Å². The van der Waals surface area contributed by atoms with Crippen molar-refractivity contribution in [3.8, 4) is 0 Å². The fraction of sp³-hybridized carbons (Fsp3) is 0.300. The van der Waals surface area contributed by atoms with Gasteiger partial charge in [0.05, 0.1) is 0 Å². The Morgan fingerprint density at radius 1 is 1.08 bits per heavy atom. The van der Waals surface area contributed by atoms with Crippen molar-refractivity contribution in [3.63, 3.8) is 0 Å². The highest BCUT2D eigenvalue weighted by molar-refractivity contribution is 5.92. The van der Waals surface area contributed by atoms with Crippen molar-refractivity contribution < 1.29 is 9.59 Å². The van der Waals surface area contributed by atoms with E-state index in [-0.39, 0.29) is 12.1 Å². The zero-order valence-electron chi connectivity index (χ0n) is 14.1. The molecule has 0 aromatic heterocycles. The molecule has 25 heavy (non-hydrogen) atoms. The molecule has 1 aliphatic rings. The van der Waals surface area contributed by atoms with Crippen molar-refractivity contribution in [2.75, 3.05) is 6.54 Å². The number of hydrogen-bond acceptors (Lipinski definition) is 2. The van der Waals surface area contributed by atoms with Gasteiger partial charge in [0.25, 0.3) is 0 Å². The Hall–Kier alpha value is -2.82. The Balaban J connectivity index is 1.44. The second kappa shape index (κ2) is 7.83. The monoisotopic (exact) mass is 337 g/mol. The first kappa shape index (κ1) is 17.0. The summed E-state index contributed by atoms with van der Waals surface area (Å²) in [5.74, 6) is -0.440. The number of benzene rings is 2. The molecule has 4 N–H and O–H groups in total. The van der Waals surface area contributed by atoms with Gasteiger partial charge in [-0.1, -0.05) is 36.4 Å². The van der Waals surface area contributed by atoms with Crippen LogP contribution < -0.4 is 16.4 Å². The Morgan fingerprint density at radius 2 is 1.88 bits per heavy atom. The second-order valence-electron chi connectivity index (χ2n) is 6.42. The molecule has 0 saturated carbocycles. The van der Waals surface area contributed by atoms with Gasteiger partial charge in [0, 0.05) is 18.2 Å². The van der Waals surface area contributed by atoms with Crippen LogP contribution in [0.15, 0.2) is 48.5 Å². The first-order valence-electron chi connectivity index (χ1n) is 8.62. The minimum atomic E-state index is -0.440. The predicted octanol–water partition coefficient (Wildman–Crippen LogP) is 2.18. The van der Waals surface area contributed by atoms with E-state index in [9.17, 15) is 9.59 Å². The number of amides is 3. The lowest BCUT2D eigenvalue weighted by Crippen LogP contribution is -2.45. The molecule has 3 amide bonds. The largest absolute Gasteiger partial charge is 0.366 e. The average Bonchev–Trinajstić information content (AvgIpc) is 2.62. The number of carbonyl (C=O) groups excluding carboxylic acids is 2. The lowest BCUT2D eigenvalue weighted by atomic mass is 9.88. The lowest BCUT2D eigenvalue weighted by molar-refractivity contribution is 0.1000. The standard InChI is InChI=1S/C20H23N3O2/c21-19(24)17-7-3-4-14(12-17)10-11-22-20(25)23-18-9-8-15-5-1-2-6-16(15)13-18/h1-7,12,18H,8-11,13H2,(H2,21,24)(H2,22,23,25)/t18-/m0/s1. The molecule has 1 aliphatic carbocycles. The highest BCUT2D eigenvalue weighted by atomic mass is 16.2. The van der Waals surface area contributed by atoms with E-state index >= 15 is 0 Å². The van der Waals surface area contributed by atoms with Crippen molar-refractivity contribution >= 4 is 11.9 Å². The number of nitrogens with one attached hydrogen (secondary N) is 2. The van der Waals surface area contributed by atoms with Gasteiger partial charge in [0.15, 0.2) is 0 Å². The van der Waals surface area contributed by atoms with Crippen LogP contribution in [0, 0.1) is 0 Å². The number of carbonyl (C=O) groups is 2. The van der Waals surface area contributed by atoms with E-state index < -0.39 is 5.91 Å². The number of aryl methyl sites for hydroxylation is 1. The van der Waals surface area contributed by atoms with Gasteiger partial charge >= 0.3 is 6.03 Å². The molecule has 0 saturated heterocycles. The van der Waals surface area contributed by atoms with E-state index in [0.29, 0.717) is 18.5 Å². The quantitative estimate of drug-likeness (QED) is 0.781. The van der Waals surface area contributed by atoms with Crippen molar-refractivity contribution in [1.82, 2.24) is 10.6 Å². The van der Waals surface area contributed by atoms with Gasteiger partial charge in [-0.3, -0.25) is 4.79 Å². The van der Waals surface area contributed by atoms with Gasteiger partial charge in [-0.05, 0) is 54.5 Å². The summed E-state index contributed by atoms with van der Waals surface area (Å²) in [5.41, 5.74) is 9.45. The van der Waals surface area contributed by atoms with Crippen molar-refractivity contribution in [2.45, 2.75) is 31.7 Å². The summed E-state index contributed by atoms with van der Waals surface area (Å²) in [5, 5.41) is 5.94. The lowest BCUT2D eigenvalue weighted by Gasteiger charge is -2.25. The predicted molar refractivity (Wildman–Crippen MR) is 97.5 cm³/mol. The topological polar surface area (TPSA) is 84.2 Å². The fourth-order valence-corrected chi connectivity index (χ4v) is 3.26. The Bertz CT molecular complexity index is 773. The van der Waals surface area contributed by atoms with E-state index in [1.165, 1.54) is 11.1 Å². The first-order valence-corrected chi connectivity index (χ1v) is 8.62. The van der Waals surface area contributed by atoms with E-state index in [4.69, 9.17) is 5.73 Å². The molecule has 0 bridgehead atoms. The van der Waals surface area contributed by atoms with Crippen LogP contribution in [0.1, 0.15) is 33.5 Å². The molecular weight excluding hydrogens is 314 g/mol. The highest BCUT2D eigenvalue weighted by Crippen LogP contribution is 2.20. The molecule has 5 heteroatoms. The minimum absolute atomic E-state index is 0.143. The van der Waals surface area contributed by atoms with E-state index in [2.05, 4.69) is 28.8 Å². The molecule has 0 unspecified atom stereocenters. The summed E-state index contributed by atoms with van der Waals surface area (Å²) in [6, 6.07) is 15.6. The molecule has 1 atom stereocenters. The van der Waals surface area contributed by atoms with E-state index in [1.807, 2.05) is 12.1 Å². The van der Waals surface area contributed by atoms with E-state index in [1.54, 1.807) is 18.2 Å². The molecule has 130 valence electrons. The summed E-state index contributed by atoms with van der Waals surface area (Å²) in [6.45, 7) is 0.511. The molecule has 5 nitrogen and oxygen atoms in total. The fourth-order valence-electron chi connectivity index (χ4n) is 3.26. The number of hydrogen-bond donors (Lipinski definition) is 3. The van der Waals surface area contributed by atoms with Gasteiger partial charge in [0.2, 0.25) is 5.91 Å². The molecule has 3 rings (SSSR count). The van der Waals surface area contributed by atoms with Gasteiger partial charge in [-0.15, -0.1) is 0 Å². The van der Waals surface area contributed by atoms with Crippen molar-refractivity contribution in [2.24, 2.45) is 5.73 Å². The van der Waals surface area contributed by atoms with Crippen LogP contribution in [-0.4, -0.2) is 24.5 Å². The molecule has 2 aromatic rings. The molecule has 0 radical (unpaired) electrons. The van der Waals surface area contributed by atoms with Crippen LogP contribution >= 0.6 is 0 Å². The third-order valence-corrected chi connectivity index (χ3v) is 4.59. The highest BCUT2D eigenvalue weighted by Gasteiger charge is 2.19. The SMILES string of the molecule is NC(=O)c1cccc(CCNC(=O)N[C@H]2CCc3ccccc3C2)c1. The second-order valence-corrected chi connectivity index (χ2v) is 6.42. The van der Waals surface area contributed by atoms with E-state index in [0.717, 1.165) is 24.8 Å². The Kier molecular flexibility index (Phi) is 5.33. The van der Waals surface area contributed by atoms with Gasteiger partial charge in [-0.25, -0.2) is 4.79 Å².